The van der Waals surface area contributed by atoms with Crippen LogP contribution in [0.3, 0.4) is 0 Å². The molecule has 0 saturated carbocycles. The summed E-state index contributed by atoms with van der Waals surface area (Å²) in [7, 11) is 0. The van der Waals surface area contributed by atoms with Crippen molar-refractivity contribution in [2.45, 2.75) is 90.5 Å². The molecule has 1 atom stereocenters. The summed E-state index contributed by atoms with van der Waals surface area (Å²) in [6.07, 6.45) is 10.7. The number of hydrogen-bond acceptors (Lipinski definition) is 2. The lowest BCUT2D eigenvalue weighted by Crippen LogP contribution is -2.09. The third-order valence-electron chi connectivity index (χ3n) is 3.85. The molecule has 0 bridgehead atoms. The summed E-state index contributed by atoms with van der Waals surface area (Å²) < 4.78 is 0. The van der Waals surface area contributed by atoms with E-state index in [2.05, 4.69) is 39.8 Å². The average Bonchev–Trinajstić information content (AvgIpc) is 2.87. The number of unbranched alkanes of at least 4 members (excludes halogenated alkanes) is 6. The lowest BCUT2D eigenvalue weighted by molar-refractivity contribution is 0.544. The minimum Gasteiger partial charge on any atom is -0.323 e. The van der Waals surface area contributed by atoms with Crippen LogP contribution in [0.1, 0.15) is 94.9 Å². The summed E-state index contributed by atoms with van der Waals surface area (Å²) in [4.78, 5) is 2.81. The molecule has 0 fully saturated rings. The van der Waals surface area contributed by atoms with Gasteiger partial charge >= 0.3 is 0 Å². The van der Waals surface area contributed by atoms with E-state index in [9.17, 15) is 0 Å². The van der Waals surface area contributed by atoms with Crippen LogP contribution >= 0.6 is 11.3 Å². The van der Waals surface area contributed by atoms with E-state index in [1.54, 1.807) is 0 Å². The van der Waals surface area contributed by atoms with E-state index in [0.717, 1.165) is 6.42 Å². The first kappa shape index (κ1) is 17.7. The second-order valence-corrected chi connectivity index (χ2v) is 8.08. The number of thiophene rings is 1. The highest BCUT2D eigenvalue weighted by atomic mass is 32.1. The Morgan fingerprint density at radius 1 is 1.00 bits per heavy atom. The largest absolute Gasteiger partial charge is 0.323 e. The minimum atomic E-state index is 0.242. The van der Waals surface area contributed by atoms with Crippen molar-refractivity contribution < 1.29 is 0 Å². The third-order valence-corrected chi connectivity index (χ3v) is 5.49. The number of hydrogen-bond donors (Lipinski definition) is 1. The van der Waals surface area contributed by atoms with Gasteiger partial charge in [0.25, 0.3) is 0 Å². The van der Waals surface area contributed by atoms with E-state index < -0.39 is 0 Å². The maximum Gasteiger partial charge on any atom is 0.0389 e. The highest BCUT2D eigenvalue weighted by molar-refractivity contribution is 7.12. The van der Waals surface area contributed by atoms with Gasteiger partial charge in [-0.1, -0.05) is 72.6 Å². The summed E-state index contributed by atoms with van der Waals surface area (Å²) in [5.74, 6) is 0. The van der Waals surface area contributed by atoms with Gasteiger partial charge in [0.1, 0.15) is 0 Å². The molecule has 1 heterocycles. The summed E-state index contributed by atoms with van der Waals surface area (Å²) in [5, 5.41) is 0. The maximum absolute atomic E-state index is 6.32. The lowest BCUT2D eigenvalue weighted by atomic mass is 9.95. The van der Waals surface area contributed by atoms with Crippen LogP contribution in [0, 0.1) is 0 Å². The van der Waals surface area contributed by atoms with Crippen molar-refractivity contribution in [3.05, 3.63) is 21.9 Å². The molecule has 1 aromatic rings. The van der Waals surface area contributed by atoms with Crippen LogP contribution in [0.4, 0.5) is 0 Å². The molecule has 20 heavy (non-hydrogen) atoms. The number of nitrogens with two attached hydrogens (primary N) is 1. The van der Waals surface area contributed by atoms with Crippen LogP contribution < -0.4 is 5.73 Å². The zero-order valence-electron chi connectivity index (χ0n) is 13.9. The third kappa shape index (κ3) is 6.41. The molecule has 0 radical (unpaired) electrons. The molecule has 0 saturated heterocycles. The Morgan fingerprint density at radius 3 is 2.15 bits per heavy atom. The summed E-state index contributed by atoms with van der Waals surface area (Å²) >= 11 is 1.90. The van der Waals surface area contributed by atoms with Gasteiger partial charge in [-0.2, -0.15) is 0 Å². The molecule has 0 aliphatic carbocycles. The van der Waals surface area contributed by atoms with E-state index in [4.69, 9.17) is 5.73 Å². The van der Waals surface area contributed by atoms with Crippen LogP contribution in [-0.4, -0.2) is 0 Å². The van der Waals surface area contributed by atoms with Crippen molar-refractivity contribution in [2.24, 2.45) is 5.73 Å². The normalized spacial score (nSPS) is 13.7. The molecule has 0 spiro atoms. The van der Waals surface area contributed by atoms with Crippen LogP contribution in [0.25, 0.3) is 0 Å². The first-order valence-corrected chi connectivity index (χ1v) is 9.12. The van der Waals surface area contributed by atoms with Crippen LogP contribution in [0.15, 0.2) is 12.1 Å². The zero-order valence-corrected chi connectivity index (χ0v) is 14.7. The van der Waals surface area contributed by atoms with Gasteiger partial charge < -0.3 is 5.73 Å². The van der Waals surface area contributed by atoms with Crippen LogP contribution in [-0.2, 0) is 5.41 Å². The SMILES string of the molecule is CCCCCCCCCC(N)c1ccc(C(C)(C)C)s1. The summed E-state index contributed by atoms with van der Waals surface area (Å²) in [6.45, 7) is 9.07. The average molecular weight is 296 g/mol. The molecule has 116 valence electrons. The van der Waals surface area contributed by atoms with E-state index in [1.807, 2.05) is 11.3 Å². The molecule has 0 amide bonds. The van der Waals surface area contributed by atoms with Gasteiger partial charge in [-0.25, -0.2) is 0 Å². The highest BCUT2D eigenvalue weighted by Crippen LogP contribution is 2.33. The second kappa shape index (κ2) is 8.84. The fourth-order valence-electron chi connectivity index (χ4n) is 2.42. The minimum absolute atomic E-state index is 0.242. The fourth-order valence-corrected chi connectivity index (χ4v) is 3.52. The van der Waals surface area contributed by atoms with Crippen LogP contribution in [0.5, 0.6) is 0 Å². The molecule has 0 aromatic carbocycles. The Bertz CT molecular complexity index is 362. The van der Waals surface area contributed by atoms with E-state index in [1.165, 1.54) is 54.7 Å². The van der Waals surface area contributed by atoms with Crippen LogP contribution in [0.2, 0.25) is 0 Å². The van der Waals surface area contributed by atoms with Gasteiger partial charge in [0, 0.05) is 15.8 Å². The van der Waals surface area contributed by atoms with E-state index in [0.29, 0.717) is 0 Å². The molecule has 1 rings (SSSR count). The first-order chi connectivity index (χ1) is 9.45. The van der Waals surface area contributed by atoms with Gasteiger partial charge in [-0.15, -0.1) is 11.3 Å². The maximum atomic E-state index is 6.32. The topological polar surface area (TPSA) is 26.0 Å². The lowest BCUT2D eigenvalue weighted by Gasteiger charge is -2.16. The Balaban J connectivity index is 2.22. The summed E-state index contributed by atoms with van der Waals surface area (Å²) in [5.41, 5.74) is 6.58. The molecule has 1 nitrogen and oxygen atoms in total. The Labute approximate surface area is 130 Å². The first-order valence-electron chi connectivity index (χ1n) is 8.31. The van der Waals surface area contributed by atoms with Crippen molar-refractivity contribution in [3.8, 4) is 0 Å². The molecule has 1 aromatic heterocycles. The Kier molecular flexibility index (Phi) is 7.83. The quantitative estimate of drug-likeness (QED) is 0.540. The molecule has 0 aliphatic heterocycles. The highest BCUT2D eigenvalue weighted by Gasteiger charge is 2.17. The molecule has 2 N–H and O–H groups in total. The summed E-state index contributed by atoms with van der Waals surface area (Å²) in [6, 6.07) is 4.73. The second-order valence-electron chi connectivity index (χ2n) is 6.97. The van der Waals surface area contributed by atoms with E-state index in [-0.39, 0.29) is 11.5 Å². The van der Waals surface area contributed by atoms with Crippen molar-refractivity contribution >= 4 is 11.3 Å². The van der Waals surface area contributed by atoms with Gasteiger partial charge in [-0.3, -0.25) is 0 Å². The standard InChI is InChI=1S/C18H33NS/c1-5-6-7-8-9-10-11-12-15(19)16-13-14-17(20-16)18(2,3)4/h13-15H,5-12,19H2,1-4H3. The van der Waals surface area contributed by atoms with Gasteiger partial charge in [0.05, 0.1) is 0 Å². The molecular formula is C18H33NS. The van der Waals surface area contributed by atoms with E-state index >= 15 is 0 Å². The van der Waals surface area contributed by atoms with Gasteiger partial charge in [0.2, 0.25) is 0 Å². The molecule has 2 heteroatoms. The van der Waals surface area contributed by atoms with Gasteiger partial charge in [-0.05, 0) is 24.0 Å². The zero-order chi connectivity index (χ0) is 15.0. The fraction of sp³-hybridized carbons (Fsp3) is 0.778. The monoisotopic (exact) mass is 295 g/mol. The van der Waals surface area contributed by atoms with Crippen molar-refractivity contribution in [1.82, 2.24) is 0 Å². The molecular weight excluding hydrogens is 262 g/mol. The smallest absolute Gasteiger partial charge is 0.0389 e. The van der Waals surface area contributed by atoms with Gasteiger partial charge in [0.15, 0.2) is 0 Å². The van der Waals surface area contributed by atoms with Crippen molar-refractivity contribution in [2.75, 3.05) is 0 Å². The Morgan fingerprint density at radius 2 is 1.60 bits per heavy atom. The Hall–Kier alpha value is -0.340. The van der Waals surface area contributed by atoms with Crippen molar-refractivity contribution in [1.29, 1.82) is 0 Å². The predicted molar refractivity (Wildman–Crippen MR) is 92.6 cm³/mol. The molecule has 0 aliphatic rings. The molecule has 1 unspecified atom stereocenters. The number of rotatable bonds is 9. The predicted octanol–water partition coefficient (Wildman–Crippen LogP) is 6.19. The van der Waals surface area contributed by atoms with Crippen molar-refractivity contribution in [3.63, 3.8) is 0 Å².